The van der Waals surface area contributed by atoms with Crippen LogP contribution in [0.1, 0.15) is 0 Å². The molecular weight excluding hydrogens is 420 g/mol. The third-order valence-corrected chi connectivity index (χ3v) is 5.69. The molecule has 0 fully saturated rings. The fourth-order valence-corrected chi connectivity index (χ4v) is 3.95. The van der Waals surface area contributed by atoms with Gasteiger partial charge in [-0.3, -0.25) is 0 Å². The van der Waals surface area contributed by atoms with Crippen molar-refractivity contribution in [3.63, 3.8) is 0 Å². The van der Waals surface area contributed by atoms with Crippen molar-refractivity contribution in [1.29, 1.82) is 0 Å². The summed E-state index contributed by atoms with van der Waals surface area (Å²) in [6.07, 6.45) is 0. The summed E-state index contributed by atoms with van der Waals surface area (Å²) in [6.45, 7) is 0. The molecule has 0 aliphatic carbocycles. The first-order valence-electron chi connectivity index (χ1n) is 8.44. The van der Waals surface area contributed by atoms with Gasteiger partial charge >= 0.3 is 0 Å². The fraction of sp³-hybridized carbons (Fsp3) is 0. The van der Waals surface area contributed by atoms with E-state index in [4.69, 9.17) is 14.7 Å². The topological polar surface area (TPSA) is 35.0 Å². The lowest BCUT2D eigenvalue weighted by molar-refractivity contribution is 0.465. The van der Waals surface area contributed by atoms with Crippen LogP contribution in [0.2, 0.25) is 0 Å². The van der Waals surface area contributed by atoms with E-state index in [9.17, 15) is 0 Å². The molecule has 130 valence electrons. The van der Waals surface area contributed by atoms with Crippen molar-refractivity contribution in [3.8, 4) is 22.2 Å². The predicted octanol–water partition coefficient (Wildman–Crippen LogP) is 7.07. The third kappa shape index (κ3) is 3.20. The summed E-state index contributed by atoms with van der Waals surface area (Å²) in [4.78, 5) is 10.7. The molecule has 0 aliphatic heterocycles. The first kappa shape index (κ1) is 16.4. The SMILES string of the molecule is Brc1ccc(Oc2nc3cc4ccccc4cc3nc2-c2cccs2)cc1. The molecule has 0 radical (unpaired) electrons. The highest BCUT2D eigenvalue weighted by Crippen LogP contribution is 2.35. The highest BCUT2D eigenvalue weighted by molar-refractivity contribution is 9.10. The molecular formula is C22H13BrN2OS. The Morgan fingerprint density at radius 3 is 2.15 bits per heavy atom. The number of fused-ring (bicyclic) bond motifs is 2. The van der Waals surface area contributed by atoms with Crippen LogP contribution in [0.3, 0.4) is 0 Å². The van der Waals surface area contributed by atoms with E-state index >= 15 is 0 Å². The van der Waals surface area contributed by atoms with E-state index in [1.807, 2.05) is 53.9 Å². The number of hydrogen-bond donors (Lipinski definition) is 0. The molecule has 3 aromatic carbocycles. The Balaban J connectivity index is 1.71. The van der Waals surface area contributed by atoms with Crippen molar-refractivity contribution in [3.05, 3.63) is 82.6 Å². The molecule has 5 heteroatoms. The number of thiophene rings is 1. The Bertz CT molecular complexity index is 1250. The van der Waals surface area contributed by atoms with Gasteiger partial charge in [0.25, 0.3) is 0 Å². The van der Waals surface area contributed by atoms with Gasteiger partial charge in [0.15, 0.2) is 0 Å². The van der Waals surface area contributed by atoms with Gasteiger partial charge in [0.2, 0.25) is 5.88 Å². The highest BCUT2D eigenvalue weighted by Gasteiger charge is 2.15. The Labute approximate surface area is 168 Å². The zero-order valence-corrected chi connectivity index (χ0v) is 16.5. The van der Waals surface area contributed by atoms with Gasteiger partial charge in [-0.25, -0.2) is 9.97 Å². The van der Waals surface area contributed by atoms with Crippen LogP contribution in [-0.2, 0) is 0 Å². The van der Waals surface area contributed by atoms with E-state index in [1.54, 1.807) is 11.3 Å². The van der Waals surface area contributed by atoms with E-state index < -0.39 is 0 Å². The number of nitrogens with zero attached hydrogens (tertiary/aromatic N) is 2. The van der Waals surface area contributed by atoms with E-state index in [-0.39, 0.29) is 0 Å². The summed E-state index contributed by atoms with van der Waals surface area (Å²) in [5.41, 5.74) is 2.44. The number of halogens is 1. The van der Waals surface area contributed by atoms with E-state index in [0.717, 1.165) is 42.6 Å². The smallest absolute Gasteiger partial charge is 0.247 e. The van der Waals surface area contributed by atoms with Gasteiger partial charge in [-0.15, -0.1) is 11.3 Å². The molecule has 0 amide bonds. The van der Waals surface area contributed by atoms with Crippen LogP contribution < -0.4 is 4.74 Å². The minimum absolute atomic E-state index is 0.516. The molecule has 2 heterocycles. The summed E-state index contributed by atoms with van der Waals surface area (Å²) < 4.78 is 7.12. The van der Waals surface area contributed by atoms with Crippen LogP contribution in [0.4, 0.5) is 0 Å². The first-order chi connectivity index (χ1) is 13.3. The largest absolute Gasteiger partial charge is 0.437 e. The lowest BCUT2D eigenvalue weighted by Gasteiger charge is -2.11. The molecule has 5 rings (SSSR count). The third-order valence-electron chi connectivity index (χ3n) is 4.28. The molecule has 0 spiro atoms. The quantitative estimate of drug-likeness (QED) is 0.286. The van der Waals surface area contributed by atoms with Crippen molar-refractivity contribution in [2.75, 3.05) is 0 Å². The Morgan fingerprint density at radius 1 is 0.778 bits per heavy atom. The lowest BCUT2D eigenvalue weighted by Crippen LogP contribution is -1.96. The van der Waals surface area contributed by atoms with Gasteiger partial charge in [-0.05, 0) is 58.6 Å². The summed E-state index contributed by atoms with van der Waals surface area (Å²) in [5.74, 6) is 1.24. The molecule has 0 bridgehead atoms. The Kier molecular flexibility index (Phi) is 4.11. The van der Waals surface area contributed by atoms with E-state index in [0.29, 0.717) is 5.88 Å². The van der Waals surface area contributed by atoms with Crippen molar-refractivity contribution < 1.29 is 4.74 Å². The maximum absolute atomic E-state index is 6.12. The van der Waals surface area contributed by atoms with Crippen LogP contribution in [0, 0.1) is 0 Å². The number of hydrogen-bond acceptors (Lipinski definition) is 4. The van der Waals surface area contributed by atoms with Gasteiger partial charge in [-0.2, -0.15) is 0 Å². The van der Waals surface area contributed by atoms with Crippen molar-refractivity contribution in [2.45, 2.75) is 0 Å². The van der Waals surface area contributed by atoms with Crippen molar-refractivity contribution >= 4 is 49.1 Å². The van der Waals surface area contributed by atoms with Crippen LogP contribution in [0.5, 0.6) is 11.6 Å². The second-order valence-electron chi connectivity index (χ2n) is 6.10. The molecule has 0 N–H and O–H groups in total. The summed E-state index contributed by atoms with van der Waals surface area (Å²) in [5, 5.41) is 4.32. The molecule has 0 saturated heterocycles. The van der Waals surface area contributed by atoms with Crippen molar-refractivity contribution in [2.24, 2.45) is 0 Å². The average Bonchev–Trinajstić information content (AvgIpc) is 3.22. The zero-order valence-electron chi connectivity index (χ0n) is 14.1. The molecule has 0 saturated carbocycles. The minimum Gasteiger partial charge on any atom is -0.437 e. The summed E-state index contributed by atoms with van der Waals surface area (Å²) in [6, 6.07) is 24.1. The van der Waals surface area contributed by atoms with Gasteiger partial charge in [-0.1, -0.05) is 46.3 Å². The average molecular weight is 433 g/mol. The Hall–Kier alpha value is -2.76. The van der Waals surface area contributed by atoms with Gasteiger partial charge in [0.05, 0.1) is 15.9 Å². The highest BCUT2D eigenvalue weighted by atomic mass is 79.9. The van der Waals surface area contributed by atoms with Crippen molar-refractivity contribution in [1.82, 2.24) is 9.97 Å². The van der Waals surface area contributed by atoms with Crippen LogP contribution in [0.15, 0.2) is 82.6 Å². The molecule has 5 aromatic rings. The fourth-order valence-electron chi connectivity index (χ4n) is 2.99. The molecule has 27 heavy (non-hydrogen) atoms. The molecule has 2 aromatic heterocycles. The second-order valence-corrected chi connectivity index (χ2v) is 7.96. The van der Waals surface area contributed by atoms with Crippen LogP contribution in [0.25, 0.3) is 32.4 Å². The van der Waals surface area contributed by atoms with Gasteiger partial charge < -0.3 is 4.74 Å². The van der Waals surface area contributed by atoms with Crippen LogP contribution >= 0.6 is 27.3 Å². The normalized spacial score (nSPS) is 11.1. The summed E-state index contributed by atoms with van der Waals surface area (Å²) in [7, 11) is 0. The van der Waals surface area contributed by atoms with Gasteiger partial charge in [0, 0.05) is 4.47 Å². The number of benzene rings is 3. The number of ether oxygens (including phenoxy) is 1. The molecule has 3 nitrogen and oxygen atoms in total. The second kappa shape index (κ2) is 6.76. The number of rotatable bonds is 3. The molecule has 0 atom stereocenters. The number of aromatic nitrogens is 2. The maximum Gasteiger partial charge on any atom is 0.247 e. The lowest BCUT2D eigenvalue weighted by atomic mass is 10.1. The molecule has 0 unspecified atom stereocenters. The van der Waals surface area contributed by atoms with Gasteiger partial charge in [0.1, 0.15) is 11.4 Å². The Morgan fingerprint density at radius 2 is 1.48 bits per heavy atom. The minimum atomic E-state index is 0.516. The van der Waals surface area contributed by atoms with Crippen LogP contribution in [-0.4, -0.2) is 9.97 Å². The maximum atomic E-state index is 6.12. The van der Waals surface area contributed by atoms with E-state index in [1.165, 1.54) is 0 Å². The first-order valence-corrected chi connectivity index (χ1v) is 10.1. The van der Waals surface area contributed by atoms with E-state index in [2.05, 4.69) is 40.2 Å². The predicted molar refractivity (Wildman–Crippen MR) is 115 cm³/mol. The zero-order chi connectivity index (χ0) is 18.2. The standard InChI is InChI=1S/C22H13BrN2OS/c23-16-7-9-17(10-8-16)26-22-21(20-6-3-11-27-20)24-18-12-14-4-1-2-5-15(14)13-19(18)25-22/h1-13H. The monoisotopic (exact) mass is 432 g/mol. The summed E-state index contributed by atoms with van der Waals surface area (Å²) >= 11 is 5.08. The molecule has 0 aliphatic rings.